The van der Waals surface area contributed by atoms with Crippen molar-refractivity contribution < 1.29 is 26.3 Å². The summed E-state index contributed by atoms with van der Waals surface area (Å²) in [7, 11) is 0. The fourth-order valence-corrected chi connectivity index (χ4v) is 2.18. The molecule has 22 heavy (non-hydrogen) atoms. The van der Waals surface area contributed by atoms with Gasteiger partial charge in [0.05, 0.1) is 0 Å². The quantitative estimate of drug-likeness (QED) is 0.535. The zero-order valence-corrected chi connectivity index (χ0v) is 14.7. The Kier molecular flexibility index (Phi) is 8.78. The van der Waals surface area contributed by atoms with E-state index >= 15 is 0 Å². The Labute approximate surface area is 147 Å². The molecule has 0 aliphatic carbocycles. The van der Waals surface area contributed by atoms with Crippen molar-refractivity contribution in [2.24, 2.45) is 0 Å². The van der Waals surface area contributed by atoms with E-state index in [1.54, 1.807) is 0 Å². The van der Waals surface area contributed by atoms with Gasteiger partial charge in [0.15, 0.2) is 12.4 Å². The SMILES string of the molecule is O=C(CCCC[n+]1ccccc1)NCc1ccc(Cl)cc1.[Br-]. The van der Waals surface area contributed by atoms with Crippen LogP contribution in [-0.2, 0) is 17.9 Å². The van der Waals surface area contributed by atoms with Gasteiger partial charge in [0.25, 0.3) is 0 Å². The molecule has 0 bridgehead atoms. The molecule has 0 spiro atoms. The molecular weight excluding hydrogens is 364 g/mol. The molecule has 1 aromatic heterocycles. The lowest BCUT2D eigenvalue weighted by atomic mass is 10.2. The molecule has 0 unspecified atom stereocenters. The van der Waals surface area contributed by atoms with E-state index in [4.69, 9.17) is 11.6 Å². The number of carbonyl (C=O) groups is 1. The fraction of sp³-hybridized carbons (Fsp3) is 0.294. The summed E-state index contributed by atoms with van der Waals surface area (Å²) in [6, 6.07) is 13.5. The van der Waals surface area contributed by atoms with Crippen molar-refractivity contribution in [3.63, 3.8) is 0 Å². The van der Waals surface area contributed by atoms with Crippen molar-refractivity contribution >= 4 is 17.5 Å². The predicted molar refractivity (Wildman–Crippen MR) is 83.8 cm³/mol. The summed E-state index contributed by atoms with van der Waals surface area (Å²) >= 11 is 5.82. The molecule has 0 saturated carbocycles. The van der Waals surface area contributed by atoms with Gasteiger partial charge in [-0.15, -0.1) is 0 Å². The van der Waals surface area contributed by atoms with Gasteiger partial charge in [-0.05, 0) is 24.1 Å². The number of amides is 1. The zero-order valence-electron chi connectivity index (χ0n) is 12.3. The summed E-state index contributed by atoms with van der Waals surface area (Å²) in [6.45, 7) is 1.51. The molecule has 118 valence electrons. The third kappa shape index (κ3) is 7.05. The van der Waals surface area contributed by atoms with Gasteiger partial charge >= 0.3 is 0 Å². The lowest BCUT2D eigenvalue weighted by Crippen LogP contribution is -3.00. The van der Waals surface area contributed by atoms with Gasteiger partial charge in [-0.1, -0.05) is 29.8 Å². The summed E-state index contributed by atoms with van der Waals surface area (Å²) in [4.78, 5) is 11.8. The second kappa shape index (κ2) is 10.4. The Bertz CT molecular complexity index is 561. The number of aryl methyl sites for hydroxylation is 1. The minimum Gasteiger partial charge on any atom is -1.00 e. The predicted octanol–water partition coefficient (Wildman–Crippen LogP) is 0.118. The zero-order chi connectivity index (χ0) is 14.9. The minimum absolute atomic E-state index is 0. The van der Waals surface area contributed by atoms with Crippen molar-refractivity contribution in [2.75, 3.05) is 0 Å². The van der Waals surface area contributed by atoms with E-state index < -0.39 is 0 Å². The Hall–Kier alpha value is -1.39. The maximum absolute atomic E-state index is 11.8. The molecule has 3 nitrogen and oxygen atoms in total. The van der Waals surface area contributed by atoms with E-state index in [0.29, 0.717) is 18.0 Å². The van der Waals surface area contributed by atoms with Crippen molar-refractivity contribution in [1.82, 2.24) is 5.32 Å². The number of hydrogen-bond donors (Lipinski definition) is 1. The second-order valence-electron chi connectivity index (χ2n) is 4.97. The first-order valence-corrected chi connectivity index (χ1v) is 7.57. The number of aromatic nitrogens is 1. The van der Waals surface area contributed by atoms with Gasteiger partial charge in [-0.3, -0.25) is 4.79 Å². The monoisotopic (exact) mass is 382 g/mol. The topological polar surface area (TPSA) is 33.0 Å². The number of rotatable bonds is 7. The highest BCUT2D eigenvalue weighted by Crippen LogP contribution is 2.09. The van der Waals surface area contributed by atoms with Gasteiger partial charge in [0.1, 0.15) is 6.54 Å². The number of pyridine rings is 1. The van der Waals surface area contributed by atoms with Gasteiger partial charge in [0, 0.05) is 36.5 Å². The van der Waals surface area contributed by atoms with Crippen LogP contribution in [-0.4, -0.2) is 5.91 Å². The molecule has 2 rings (SSSR count). The molecule has 0 saturated heterocycles. The van der Waals surface area contributed by atoms with Crippen LogP contribution >= 0.6 is 11.6 Å². The van der Waals surface area contributed by atoms with Crippen molar-refractivity contribution in [3.8, 4) is 0 Å². The lowest BCUT2D eigenvalue weighted by molar-refractivity contribution is -0.697. The number of nitrogens with one attached hydrogen (secondary N) is 1. The third-order valence-electron chi connectivity index (χ3n) is 3.25. The van der Waals surface area contributed by atoms with E-state index in [2.05, 4.69) is 9.88 Å². The second-order valence-corrected chi connectivity index (χ2v) is 5.41. The standard InChI is InChI=1S/C17H19ClN2O.BrH/c18-16-9-7-15(8-10-16)14-19-17(21)6-2-5-13-20-11-3-1-4-12-20;/h1,3-4,7-12H,2,5-6,13-14H2;1H. The molecule has 0 atom stereocenters. The first-order chi connectivity index (χ1) is 10.2. The molecule has 0 aliphatic heterocycles. The summed E-state index contributed by atoms with van der Waals surface area (Å²) in [5.41, 5.74) is 1.06. The first-order valence-electron chi connectivity index (χ1n) is 7.19. The lowest BCUT2D eigenvalue weighted by Gasteiger charge is -2.05. The van der Waals surface area contributed by atoms with Gasteiger partial charge in [-0.2, -0.15) is 0 Å². The molecule has 0 fully saturated rings. The fourth-order valence-electron chi connectivity index (χ4n) is 2.05. The molecule has 1 N–H and O–H groups in total. The highest BCUT2D eigenvalue weighted by molar-refractivity contribution is 6.30. The van der Waals surface area contributed by atoms with Crippen molar-refractivity contribution in [3.05, 3.63) is 65.4 Å². The van der Waals surface area contributed by atoms with E-state index in [1.165, 1.54) is 0 Å². The first kappa shape index (κ1) is 18.7. The van der Waals surface area contributed by atoms with Gasteiger partial charge in [0.2, 0.25) is 5.91 Å². The minimum atomic E-state index is 0. The van der Waals surface area contributed by atoms with Crippen molar-refractivity contribution in [1.29, 1.82) is 0 Å². The molecule has 1 heterocycles. The van der Waals surface area contributed by atoms with Crippen LogP contribution in [0.5, 0.6) is 0 Å². The summed E-state index contributed by atoms with van der Waals surface area (Å²) in [5, 5.41) is 3.64. The average molecular weight is 384 g/mol. The van der Waals surface area contributed by atoms with Crippen LogP contribution in [0, 0.1) is 0 Å². The van der Waals surface area contributed by atoms with Crippen molar-refractivity contribution in [2.45, 2.75) is 32.4 Å². The summed E-state index contributed by atoms with van der Waals surface area (Å²) < 4.78 is 2.13. The maximum Gasteiger partial charge on any atom is 0.220 e. The molecule has 0 aliphatic rings. The molecular formula is C17H20BrClN2O. The number of carbonyl (C=O) groups excluding carboxylic acids is 1. The number of benzene rings is 1. The Morgan fingerprint density at radius 3 is 2.41 bits per heavy atom. The summed E-state index contributed by atoms with van der Waals surface area (Å²) in [6.07, 6.45) is 6.56. The van der Waals surface area contributed by atoms with Gasteiger partial charge < -0.3 is 22.3 Å². The molecule has 5 heteroatoms. The largest absolute Gasteiger partial charge is 1.00 e. The van der Waals surface area contributed by atoms with Crippen LogP contribution in [0.25, 0.3) is 0 Å². The van der Waals surface area contributed by atoms with Crippen LogP contribution < -0.4 is 26.9 Å². The van der Waals surface area contributed by atoms with Crippen LogP contribution in [0.15, 0.2) is 54.9 Å². The van der Waals surface area contributed by atoms with Crippen LogP contribution in [0.1, 0.15) is 24.8 Å². The summed E-state index contributed by atoms with van der Waals surface area (Å²) in [5.74, 6) is 0.100. The maximum atomic E-state index is 11.8. The highest BCUT2D eigenvalue weighted by atomic mass is 79.9. The van der Waals surface area contributed by atoms with E-state index in [9.17, 15) is 4.79 Å². The number of unbranched alkanes of at least 4 members (excludes halogenated alkanes) is 1. The highest BCUT2D eigenvalue weighted by Gasteiger charge is 2.03. The van der Waals surface area contributed by atoms with Crippen LogP contribution in [0.4, 0.5) is 0 Å². The van der Waals surface area contributed by atoms with Gasteiger partial charge in [-0.25, -0.2) is 4.57 Å². The van der Waals surface area contributed by atoms with E-state index in [1.807, 2.05) is 54.9 Å². The molecule has 1 aromatic carbocycles. The third-order valence-corrected chi connectivity index (χ3v) is 3.50. The number of nitrogens with zero attached hydrogens (tertiary/aromatic N) is 1. The molecule has 2 aromatic rings. The van der Waals surface area contributed by atoms with Crippen LogP contribution in [0.3, 0.4) is 0 Å². The Morgan fingerprint density at radius 2 is 1.73 bits per heavy atom. The normalized spacial score (nSPS) is 9.86. The molecule has 0 radical (unpaired) electrons. The average Bonchev–Trinajstić information content (AvgIpc) is 2.52. The Morgan fingerprint density at radius 1 is 1.05 bits per heavy atom. The molecule has 1 amide bonds. The van der Waals surface area contributed by atoms with E-state index in [0.717, 1.165) is 24.9 Å². The van der Waals surface area contributed by atoms with E-state index in [-0.39, 0.29) is 22.9 Å². The smallest absolute Gasteiger partial charge is 0.220 e. The number of hydrogen-bond acceptors (Lipinski definition) is 1. The number of halogens is 2. The Balaban J connectivity index is 0.00000242. The van der Waals surface area contributed by atoms with Crippen LogP contribution in [0.2, 0.25) is 5.02 Å².